The van der Waals surface area contributed by atoms with E-state index in [0.717, 1.165) is 12.3 Å². The zero-order valence-electron chi connectivity index (χ0n) is 13.8. The maximum atomic E-state index is 13.1. The molecule has 2 heterocycles. The summed E-state index contributed by atoms with van der Waals surface area (Å²) in [5.41, 5.74) is 0.186. The quantitative estimate of drug-likeness (QED) is 0.874. The SMILES string of the molecule is CCN(CC)C(=O)[C@@H]1C[C@@H](NC(=O)c2cncc(F)c2)CN1C. The van der Waals surface area contributed by atoms with E-state index in [2.05, 4.69) is 10.3 Å². The third-order valence-electron chi connectivity index (χ3n) is 4.21. The molecule has 2 rings (SSSR count). The highest BCUT2D eigenvalue weighted by atomic mass is 19.1. The van der Waals surface area contributed by atoms with Gasteiger partial charge in [0.15, 0.2) is 0 Å². The second-order valence-corrected chi connectivity index (χ2v) is 5.76. The average Bonchev–Trinajstić information content (AvgIpc) is 2.88. The number of nitrogens with one attached hydrogen (secondary N) is 1. The minimum Gasteiger partial charge on any atom is -0.348 e. The van der Waals surface area contributed by atoms with Crippen molar-refractivity contribution in [3.8, 4) is 0 Å². The minimum absolute atomic E-state index is 0.0849. The maximum Gasteiger partial charge on any atom is 0.253 e. The molecule has 6 nitrogen and oxygen atoms in total. The molecule has 1 N–H and O–H groups in total. The summed E-state index contributed by atoms with van der Waals surface area (Å²) in [5, 5.41) is 2.85. The molecule has 1 aromatic rings. The number of hydrogen-bond donors (Lipinski definition) is 1. The van der Waals surface area contributed by atoms with Crippen molar-refractivity contribution in [3.63, 3.8) is 0 Å². The molecule has 7 heteroatoms. The van der Waals surface area contributed by atoms with Gasteiger partial charge in [-0.25, -0.2) is 4.39 Å². The zero-order valence-corrected chi connectivity index (χ0v) is 13.8. The molecule has 0 unspecified atom stereocenters. The van der Waals surface area contributed by atoms with Crippen LogP contribution in [0.2, 0.25) is 0 Å². The third kappa shape index (κ3) is 4.04. The van der Waals surface area contributed by atoms with Crippen LogP contribution < -0.4 is 5.32 Å². The summed E-state index contributed by atoms with van der Waals surface area (Å²) < 4.78 is 13.1. The molecule has 0 spiro atoms. The third-order valence-corrected chi connectivity index (χ3v) is 4.21. The molecular weight excluding hydrogens is 299 g/mol. The molecule has 1 fully saturated rings. The number of rotatable bonds is 5. The largest absolute Gasteiger partial charge is 0.348 e. The van der Waals surface area contributed by atoms with Gasteiger partial charge < -0.3 is 10.2 Å². The summed E-state index contributed by atoms with van der Waals surface area (Å²) in [5.74, 6) is -0.830. The van der Waals surface area contributed by atoms with Crippen molar-refractivity contribution in [2.45, 2.75) is 32.4 Å². The lowest BCUT2D eigenvalue weighted by molar-refractivity contribution is -0.135. The highest BCUT2D eigenvalue weighted by molar-refractivity contribution is 5.94. The van der Waals surface area contributed by atoms with Gasteiger partial charge in [-0.3, -0.25) is 19.5 Å². The monoisotopic (exact) mass is 322 g/mol. The lowest BCUT2D eigenvalue weighted by Gasteiger charge is -2.26. The fourth-order valence-electron chi connectivity index (χ4n) is 2.94. The summed E-state index contributed by atoms with van der Waals surface area (Å²) in [6.45, 7) is 5.84. The fourth-order valence-corrected chi connectivity index (χ4v) is 2.94. The van der Waals surface area contributed by atoms with E-state index >= 15 is 0 Å². The van der Waals surface area contributed by atoms with Crippen molar-refractivity contribution >= 4 is 11.8 Å². The Morgan fingerprint density at radius 1 is 1.39 bits per heavy atom. The van der Waals surface area contributed by atoms with Crippen LogP contribution in [0, 0.1) is 5.82 Å². The molecule has 0 aliphatic carbocycles. The smallest absolute Gasteiger partial charge is 0.253 e. The van der Waals surface area contributed by atoms with Gasteiger partial charge in [0.1, 0.15) is 5.82 Å². The molecule has 1 aliphatic rings. The molecule has 126 valence electrons. The van der Waals surface area contributed by atoms with Crippen molar-refractivity contribution in [3.05, 3.63) is 29.8 Å². The van der Waals surface area contributed by atoms with Crippen molar-refractivity contribution in [2.24, 2.45) is 0 Å². The number of halogens is 1. The van der Waals surface area contributed by atoms with Gasteiger partial charge in [-0.05, 0) is 33.4 Å². The van der Waals surface area contributed by atoms with Crippen molar-refractivity contribution in [2.75, 3.05) is 26.7 Å². The Morgan fingerprint density at radius 2 is 2.09 bits per heavy atom. The summed E-state index contributed by atoms with van der Waals surface area (Å²) in [6, 6.07) is 0.783. The molecule has 1 aliphatic heterocycles. The van der Waals surface area contributed by atoms with Gasteiger partial charge in [0.25, 0.3) is 5.91 Å². The van der Waals surface area contributed by atoms with Gasteiger partial charge in [0, 0.05) is 31.9 Å². The Morgan fingerprint density at radius 3 is 2.70 bits per heavy atom. The molecule has 1 aromatic heterocycles. The van der Waals surface area contributed by atoms with Crippen LogP contribution >= 0.6 is 0 Å². The molecular formula is C16H23FN4O2. The van der Waals surface area contributed by atoms with Crippen LogP contribution in [0.15, 0.2) is 18.5 Å². The van der Waals surface area contributed by atoms with Gasteiger partial charge in [0.05, 0.1) is 17.8 Å². The number of pyridine rings is 1. The molecule has 0 radical (unpaired) electrons. The summed E-state index contributed by atoms with van der Waals surface area (Å²) >= 11 is 0. The highest BCUT2D eigenvalue weighted by Gasteiger charge is 2.36. The molecule has 0 aromatic carbocycles. The standard InChI is InChI=1S/C16H23FN4O2/c1-4-21(5-2)16(23)14-7-13(10-20(14)3)19-15(22)11-6-12(17)9-18-8-11/h6,8-9,13-14H,4-5,7,10H2,1-3H3,(H,19,22)/t13-,14+/m1/s1. The molecule has 23 heavy (non-hydrogen) atoms. The Kier molecular flexibility index (Phi) is 5.65. The fraction of sp³-hybridized carbons (Fsp3) is 0.562. The van der Waals surface area contributed by atoms with Crippen LogP contribution in [0.1, 0.15) is 30.6 Å². The van der Waals surface area contributed by atoms with Crippen LogP contribution in [0.3, 0.4) is 0 Å². The van der Waals surface area contributed by atoms with Crippen LogP contribution in [0.5, 0.6) is 0 Å². The van der Waals surface area contributed by atoms with Crippen LogP contribution in [-0.4, -0.2) is 65.4 Å². The van der Waals surface area contributed by atoms with E-state index in [4.69, 9.17) is 0 Å². The summed E-state index contributed by atoms with van der Waals surface area (Å²) in [6.07, 6.45) is 2.94. The summed E-state index contributed by atoms with van der Waals surface area (Å²) in [7, 11) is 1.88. The van der Waals surface area contributed by atoms with Gasteiger partial charge in [-0.15, -0.1) is 0 Å². The normalized spacial score (nSPS) is 21.2. The first-order valence-electron chi connectivity index (χ1n) is 7.86. The van der Waals surface area contributed by atoms with Gasteiger partial charge in [-0.1, -0.05) is 0 Å². The number of nitrogens with zero attached hydrogens (tertiary/aromatic N) is 3. The minimum atomic E-state index is -0.546. The van der Waals surface area contributed by atoms with E-state index in [1.54, 1.807) is 4.90 Å². The van der Waals surface area contributed by atoms with Gasteiger partial charge in [-0.2, -0.15) is 0 Å². The van der Waals surface area contributed by atoms with Gasteiger partial charge >= 0.3 is 0 Å². The van der Waals surface area contributed by atoms with Gasteiger partial charge in [0.2, 0.25) is 5.91 Å². The second-order valence-electron chi connectivity index (χ2n) is 5.76. The number of carbonyl (C=O) groups is 2. The predicted octanol–water partition coefficient (Wildman–Crippen LogP) is 0.892. The number of likely N-dealkylation sites (tertiary alicyclic amines) is 1. The number of aromatic nitrogens is 1. The molecule has 1 saturated heterocycles. The van der Waals surface area contributed by atoms with E-state index in [-0.39, 0.29) is 29.5 Å². The number of amides is 2. The van der Waals surface area contributed by atoms with Crippen molar-refractivity contribution in [1.82, 2.24) is 20.1 Å². The van der Waals surface area contributed by atoms with E-state index < -0.39 is 5.82 Å². The lowest BCUT2D eigenvalue weighted by atomic mass is 10.1. The maximum absolute atomic E-state index is 13.1. The van der Waals surface area contributed by atoms with Crippen LogP contribution in [-0.2, 0) is 4.79 Å². The average molecular weight is 322 g/mol. The second kappa shape index (κ2) is 7.50. The predicted molar refractivity (Wildman–Crippen MR) is 84.4 cm³/mol. The highest BCUT2D eigenvalue weighted by Crippen LogP contribution is 2.18. The van der Waals surface area contributed by atoms with E-state index in [9.17, 15) is 14.0 Å². The number of likely N-dealkylation sites (N-methyl/N-ethyl adjacent to an activating group) is 2. The Hall–Kier alpha value is -2.02. The topological polar surface area (TPSA) is 65.5 Å². The zero-order chi connectivity index (χ0) is 17.0. The van der Waals surface area contributed by atoms with Crippen molar-refractivity contribution < 1.29 is 14.0 Å². The van der Waals surface area contributed by atoms with E-state index in [1.807, 2.05) is 25.8 Å². The first-order valence-corrected chi connectivity index (χ1v) is 7.86. The summed E-state index contributed by atoms with van der Waals surface area (Å²) in [4.78, 5) is 32.1. The van der Waals surface area contributed by atoms with Crippen LogP contribution in [0.4, 0.5) is 4.39 Å². The first-order chi connectivity index (χ1) is 11.0. The molecule has 0 saturated carbocycles. The molecule has 0 bridgehead atoms. The Balaban J connectivity index is 1.98. The van der Waals surface area contributed by atoms with E-state index in [0.29, 0.717) is 26.1 Å². The lowest BCUT2D eigenvalue weighted by Crippen LogP contribution is -2.44. The first kappa shape index (κ1) is 17.3. The number of hydrogen-bond acceptors (Lipinski definition) is 4. The Labute approximate surface area is 135 Å². The van der Waals surface area contributed by atoms with Crippen molar-refractivity contribution in [1.29, 1.82) is 0 Å². The number of carbonyl (C=O) groups excluding carboxylic acids is 2. The molecule has 2 atom stereocenters. The van der Waals surface area contributed by atoms with Crippen LogP contribution in [0.25, 0.3) is 0 Å². The molecule has 2 amide bonds. The Bertz CT molecular complexity index is 577. The van der Waals surface area contributed by atoms with E-state index in [1.165, 1.54) is 6.20 Å².